The van der Waals surface area contributed by atoms with Gasteiger partial charge in [-0.25, -0.2) is 5.43 Å². The SMILES string of the molecule is CC1(C)CC(=O)C/C(=N/NC(=O)c2c[nH]c3ccccc23)C1. The maximum absolute atomic E-state index is 12.3. The summed E-state index contributed by atoms with van der Waals surface area (Å²) in [6, 6.07) is 7.61. The number of aromatic amines is 1. The van der Waals surface area contributed by atoms with Gasteiger partial charge in [-0.05, 0) is 17.9 Å². The van der Waals surface area contributed by atoms with E-state index in [1.807, 2.05) is 38.1 Å². The number of hydrogen-bond acceptors (Lipinski definition) is 3. The number of hydrazone groups is 1. The van der Waals surface area contributed by atoms with Crippen LogP contribution < -0.4 is 5.43 Å². The molecule has 3 rings (SSSR count). The Bertz CT molecular complexity index is 771. The van der Waals surface area contributed by atoms with Gasteiger partial charge in [0, 0.05) is 35.7 Å². The fourth-order valence-corrected chi connectivity index (χ4v) is 3.03. The van der Waals surface area contributed by atoms with E-state index in [0.29, 0.717) is 18.4 Å². The molecule has 0 radical (unpaired) electrons. The summed E-state index contributed by atoms with van der Waals surface area (Å²) in [6.07, 6.45) is 3.31. The Hall–Kier alpha value is -2.43. The van der Waals surface area contributed by atoms with Crippen molar-refractivity contribution >= 4 is 28.3 Å². The second-order valence-corrected chi connectivity index (χ2v) is 6.60. The Morgan fingerprint density at radius 2 is 2.05 bits per heavy atom. The minimum absolute atomic E-state index is 0.0837. The number of rotatable bonds is 2. The van der Waals surface area contributed by atoms with Crippen LogP contribution in [0.3, 0.4) is 0 Å². The first kappa shape index (κ1) is 14.5. The van der Waals surface area contributed by atoms with Gasteiger partial charge in [0.15, 0.2) is 0 Å². The second kappa shape index (κ2) is 5.40. The van der Waals surface area contributed by atoms with Crippen LogP contribution in [0.5, 0.6) is 0 Å². The number of para-hydroxylation sites is 1. The van der Waals surface area contributed by atoms with E-state index in [1.54, 1.807) is 6.20 Å². The van der Waals surface area contributed by atoms with E-state index in [0.717, 1.165) is 23.0 Å². The molecule has 0 spiro atoms. The first-order valence-corrected chi connectivity index (χ1v) is 7.38. The van der Waals surface area contributed by atoms with Gasteiger partial charge in [-0.1, -0.05) is 32.0 Å². The van der Waals surface area contributed by atoms with Crippen LogP contribution in [-0.2, 0) is 4.79 Å². The van der Waals surface area contributed by atoms with Crippen molar-refractivity contribution in [3.63, 3.8) is 0 Å². The number of hydrogen-bond donors (Lipinski definition) is 2. The van der Waals surface area contributed by atoms with Crippen LogP contribution in [0.1, 0.15) is 43.5 Å². The zero-order chi connectivity index (χ0) is 15.7. The molecular weight excluding hydrogens is 278 g/mol. The van der Waals surface area contributed by atoms with E-state index in [-0.39, 0.29) is 17.1 Å². The number of amides is 1. The third-order valence-electron chi connectivity index (χ3n) is 3.91. The number of nitrogens with zero attached hydrogens (tertiary/aromatic N) is 1. The largest absolute Gasteiger partial charge is 0.360 e. The smallest absolute Gasteiger partial charge is 0.273 e. The van der Waals surface area contributed by atoms with Crippen molar-refractivity contribution < 1.29 is 9.59 Å². The van der Waals surface area contributed by atoms with Crippen molar-refractivity contribution in [1.82, 2.24) is 10.4 Å². The molecule has 0 bridgehead atoms. The number of Topliss-reactive ketones (excluding diaryl/α,β-unsaturated/α-hetero) is 1. The molecule has 5 nitrogen and oxygen atoms in total. The number of fused-ring (bicyclic) bond motifs is 1. The molecule has 1 amide bonds. The van der Waals surface area contributed by atoms with Gasteiger partial charge in [-0.3, -0.25) is 9.59 Å². The summed E-state index contributed by atoms with van der Waals surface area (Å²) in [5, 5.41) is 5.04. The van der Waals surface area contributed by atoms with E-state index >= 15 is 0 Å². The molecule has 2 N–H and O–H groups in total. The van der Waals surface area contributed by atoms with Crippen molar-refractivity contribution in [1.29, 1.82) is 0 Å². The first-order valence-electron chi connectivity index (χ1n) is 7.38. The van der Waals surface area contributed by atoms with Gasteiger partial charge in [0.2, 0.25) is 0 Å². The van der Waals surface area contributed by atoms with Crippen molar-refractivity contribution in [3.8, 4) is 0 Å². The summed E-state index contributed by atoms with van der Waals surface area (Å²) in [4.78, 5) is 27.1. The summed E-state index contributed by atoms with van der Waals surface area (Å²) >= 11 is 0. The average molecular weight is 297 g/mol. The zero-order valence-corrected chi connectivity index (χ0v) is 12.8. The molecule has 1 aromatic heterocycles. The number of aromatic nitrogens is 1. The second-order valence-electron chi connectivity index (χ2n) is 6.60. The molecular formula is C17H19N3O2. The number of nitrogens with one attached hydrogen (secondary N) is 2. The van der Waals surface area contributed by atoms with Gasteiger partial charge in [0.05, 0.1) is 5.56 Å². The predicted molar refractivity (Wildman–Crippen MR) is 85.8 cm³/mol. The Morgan fingerprint density at radius 1 is 1.27 bits per heavy atom. The maximum Gasteiger partial charge on any atom is 0.273 e. The van der Waals surface area contributed by atoms with Crippen molar-refractivity contribution in [3.05, 3.63) is 36.0 Å². The quantitative estimate of drug-likeness (QED) is 0.836. The molecule has 2 aromatic rings. The third kappa shape index (κ3) is 2.93. The van der Waals surface area contributed by atoms with Gasteiger partial charge < -0.3 is 4.98 Å². The highest BCUT2D eigenvalue weighted by atomic mass is 16.2. The molecule has 0 aliphatic heterocycles. The number of ketones is 1. The molecule has 0 atom stereocenters. The van der Waals surface area contributed by atoms with Gasteiger partial charge in [0.1, 0.15) is 5.78 Å². The van der Waals surface area contributed by atoms with Crippen molar-refractivity contribution in [2.24, 2.45) is 10.5 Å². The summed E-state index contributed by atoms with van der Waals surface area (Å²) in [6.45, 7) is 4.09. The van der Waals surface area contributed by atoms with Crippen LogP contribution in [0.4, 0.5) is 0 Å². The Morgan fingerprint density at radius 3 is 2.82 bits per heavy atom. The van der Waals surface area contributed by atoms with Gasteiger partial charge in [-0.2, -0.15) is 5.10 Å². The molecule has 1 fully saturated rings. The minimum Gasteiger partial charge on any atom is -0.360 e. The number of benzene rings is 1. The predicted octanol–water partition coefficient (Wildman–Crippen LogP) is 3.03. The number of carbonyl (C=O) groups excluding carboxylic acids is 2. The van der Waals surface area contributed by atoms with Gasteiger partial charge in [-0.15, -0.1) is 0 Å². The molecule has 1 aromatic carbocycles. The summed E-state index contributed by atoms with van der Waals surface area (Å²) in [5.41, 5.74) is 4.71. The lowest BCUT2D eigenvalue weighted by Gasteiger charge is -2.28. The third-order valence-corrected chi connectivity index (χ3v) is 3.91. The lowest BCUT2D eigenvalue weighted by molar-refractivity contribution is -0.120. The van der Waals surface area contributed by atoms with Gasteiger partial charge >= 0.3 is 0 Å². The molecule has 1 heterocycles. The lowest BCUT2D eigenvalue weighted by atomic mass is 9.76. The van der Waals surface area contributed by atoms with Gasteiger partial charge in [0.25, 0.3) is 5.91 Å². The van der Waals surface area contributed by atoms with Crippen LogP contribution in [0, 0.1) is 5.41 Å². The standard InChI is InChI=1S/C17H19N3O2/c1-17(2)8-11(7-12(21)9-17)19-20-16(22)14-10-18-15-6-4-3-5-13(14)15/h3-6,10,18H,7-9H2,1-2H3,(H,20,22)/b19-11-. The highest BCUT2D eigenvalue weighted by molar-refractivity contribution is 6.08. The van der Waals surface area contributed by atoms with E-state index < -0.39 is 0 Å². The van der Waals surface area contributed by atoms with E-state index in [4.69, 9.17) is 0 Å². The lowest BCUT2D eigenvalue weighted by Crippen LogP contribution is -2.31. The monoisotopic (exact) mass is 297 g/mol. The molecule has 22 heavy (non-hydrogen) atoms. The molecule has 0 unspecified atom stereocenters. The molecule has 1 aliphatic carbocycles. The normalized spacial score (nSPS) is 19.5. The van der Waals surface area contributed by atoms with Crippen LogP contribution in [0.2, 0.25) is 0 Å². The van der Waals surface area contributed by atoms with Crippen LogP contribution >= 0.6 is 0 Å². The fraction of sp³-hybridized carbons (Fsp3) is 0.353. The van der Waals surface area contributed by atoms with E-state index in [2.05, 4.69) is 15.5 Å². The summed E-state index contributed by atoms with van der Waals surface area (Å²) in [7, 11) is 0. The molecule has 1 saturated carbocycles. The molecule has 0 saturated heterocycles. The molecule has 114 valence electrons. The first-order chi connectivity index (χ1) is 10.4. The zero-order valence-electron chi connectivity index (χ0n) is 12.8. The van der Waals surface area contributed by atoms with Crippen LogP contribution in [0.15, 0.2) is 35.6 Å². The number of H-pyrrole nitrogens is 1. The van der Waals surface area contributed by atoms with Crippen LogP contribution in [0.25, 0.3) is 10.9 Å². The minimum atomic E-state index is -0.263. The average Bonchev–Trinajstić information content (AvgIpc) is 2.86. The molecule has 5 heteroatoms. The van der Waals surface area contributed by atoms with Crippen molar-refractivity contribution in [2.75, 3.05) is 0 Å². The topological polar surface area (TPSA) is 74.3 Å². The number of carbonyl (C=O) groups is 2. The Labute approximate surface area is 128 Å². The van der Waals surface area contributed by atoms with Crippen molar-refractivity contribution in [2.45, 2.75) is 33.1 Å². The van der Waals surface area contributed by atoms with Crippen LogP contribution in [-0.4, -0.2) is 22.4 Å². The highest BCUT2D eigenvalue weighted by Crippen LogP contribution is 2.31. The summed E-state index contributed by atoms with van der Waals surface area (Å²) < 4.78 is 0. The summed E-state index contributed by atoms with van der Waals surface area (Å²) in [5.74, 6) is -0.0860. The maximum atomic E-state index is 12.3. The Balaban J connectivity index is 1.77. The highest BCUT2D eigenvalue weighted by Gasteiger charge is 2.30. The molecule has 1 aliphatic rings. The Kier molecular flexibility index (Phi) is 3.56. The fourth-order valence-electron chi connectivity index (χ4n) is 3.03. The van der Waals surface area contributed by atoms with E-state index in [9.17, 15) is 9.59 Å². The van der Waals surface area contributed by atoms with E-state index in [1.165, 1.54) is 0 Å².